The van der Waals surface area contributed by atoms with Crippen LogP contribution in [-0.4, -0.2) is 35.9 Å². The summed E-state index contributed by atoms with van der Waals surface area (Å²) in [7, 11) is 0. The van der Waals surface area contributed by atoms with Gasteiger partial charge in [-0.1, -0.05) is 48.5 Å². The fourth-order valence-corrected chi connectivity index (χ4v) is 2.96. The van der Waals surface area contributed by atoms with E-state index >= 15 is 0 Å². The van der Waals surface area contributed by atoms with Gasteiger partial charge in [0.25, 0.3) is 5.91 Å². The van der Waals surface area contributed by atoms with Crippen LogP contribution in [0.5, 0.6) is 5.75 Å². The summed E-state index contributed by atoms with van der Waals surface area (Å²) in [5.74, 6) is 0.168. The molecule has 2 N–H and O–H groups in total. The van der Waals surface area contributed by atoms with Gasteiger partial charge in [0.1, 0.15) is 5.75 Å². The fraction of sp³-hybridized carbons (Fsp3) is 0.364. The van der Waals surface area contributed by atoms with Crippen molar-refractivity contribution in [3.05, 3.63) is 65.2 Å². The number of rotatable bonds is 9. The van der Waals surface area contributed by atoms with Gasteiger partial charge in [-0.3, -0.25) is 9.59 Å². The maximum absolute atomic E-state index is 13.0. The Balaban J connectivity index is 2.07. The van der Waals surface area contributed by atoms with Crippen molar-refractivity contribution < 1.29 is 14.3 Å². The lowest BCUT2D eigenvalue weighted by molar-refractivity contribution is -0.138. The first-order chi connectivity index (χ1) is 12.9. The summed E-state index contributed by atoms with van der Waals surface area (Å²) in [5.41, 5.74) is 8.39. The average Bonchev–Trinajstić information content (AvgIpc) is 2.65. The second-order valence-electron chi connectivity index (χ2n) is 6.76. The van der Waals surface area contributed by atoms with Crippen molar-refractivity contribution in [1.82, 2.24) is 4.90 Å². The number of aryl methyl sites for hydroxylation is 2. The zero-order valence-electron chi connectivity index (χ0n) is 16.3. The third kappa shape index (κ3) is 6.13. The molecule has 5 heteroatoms. The van der Waals surface area contributed by atoms with E-state index < -0.39 is 12.0 Å². The summed E-state index contributed by atoms with van der Waals surface area (Å²) >= 11 is 0. The SMILES string of the molecule is Cc1cccc(C)c1OC(C)C(=O)N(CCC(N)=O)CCc1ccccc1. The zero-order valence-corrected chi connectivity index (χ0v) is 16.3. The van der Waals surface area contributed by atoms with Crippen molar-refractivity contribution in [3.63, 3.8) is 0 Å². The number of para-hydroxylation sites is 1. The van der Waals surface area contributed by atoms with Crippen molar-refractivity contribution in [2.45, 2.75) is 39.7 Å². The minimum absolute atomic E-state index is 0.136. The molecule has 0 radical (unpaired) electrons. The third-order valence-corrected chi connectivity index (χ3v) is 4.50. The summed E-state index contributed by atoms with van der Waals surface area (Å²) in [5, 5.41) is 0. The zero-order chi connectivity index (χ0) is 19.8. The van der Waals surface area contributed by atoms with Gasteiger partial charge >= 0.3 is 0 Å². The number of hydrogen-bond acceptors (Lipinski definition) is 3. The first-order valence-electron chi connectivity index (χ1n) is 9.22. The van der Waals surface area contributed by atoms with Crippen LogP contribution in [0, 0.1) is 13.8 Å². The lowest BCUT2D eigenvalue weighted by atomic mass is 10.1. The van der Waals surface area contributed by atoms with Gasteiger partial charge in [-0.15, -0.1) is 0 Å². The Bertz CT molecular complexity index is 754. The molecule has 0 aliphatic heterocycles. The molecule has 0 aromatic heterocycles. The van der Waals surface area contributed by atoms with Crippen molar-refractivity contribution in [1.29, 1.82) is 0 Å². The Labute approximate surface area is 161 Å². The average molecular weight is 368 g/mol. The fourth-order valence-electron chi connectivity index (χ4n) is 2.96. The molecule has 144 valence electrons. The molecule has 0 bridgehead atoms. The molecular weight excluding hydrogens is 340 g/mol. The summed E-state index contributed by atoms with van der Waals surface area (Å²) in [4.78, 5) is 25.8. The van der Waals surface area contributed by atoms with Crippen LogP contribution >= 0.6 is 0 Å². The normalized spacial score (nSPS) is 11.7. The summed E-state index contributed by atoms with van der Waals surface area (Å²) in [6, 6.07) is 15.8. The number of hydrogen-bond donors (Lipinski definition) is 1. The first-order valence-corrected chi connectivity index (χ1v) is 9.22. The van der Waals surface area contributed by atoms with Gasteiger partial charge in [0, 0.05) is 19.5 Å². The topological polar surface area (TPSA) is 72.6 Å². The minimum Gasteiger partial charge on any atom is -0.480 e. The predicted molar refractivity (Wildman–Crippen MR) is 107 cm³/mol. The van der Waals surface area contributed by atoms with E-state index in [1.54, 1.807) is 11.8 Å². The lowest BCUT2D eigenvalue weighted by Crippen LogP contribution is -2.43. The van der Waals surface area contributed by atoms with Crippen molar-refractivity contribution in [2.75, 3.05) is 13.1 Å². The van der Waals surface area contributed by atoms with E-state index in [9.17, 15) is 9.59 Å². The highest BCUT2D eigenvalue weighted by molar-refractivity contribution is 5.82. The third-order valence-electron chi connectivity index (χ3n) is 4.50. The monoisotopic (exact) mass is 368 g/mol. The van der Waals surface area contributed by atoms with E-state index in [1.807, 2.05) is 62.4 Å². The smallest absolute Gasteiger partial charge is 0.263 e. The van der Waals surface area contributed by atoms with Gasteiger partial charge in [-0.05, 0) is 43.9 Å². The Morgan fingerprint density at radius 1 is 1.00 bits per heavy atom. The lowest BCUT2D eigenvalue weighted by Gasteiger charge is -2.26. The van der Waals surface area contributed by atoms with Crippen LogP contribution in [0.3, 0.4) is 0 Å². The molecule has 2 aromatic rings. The number of nitrogens with two attached hydrogens (primary N) is 1. The van der Waals surface area contributed by atoms with Gasteiger partial charge < -0.3 is 15.4 Å². The van der Waals surface area contributed by atoms with Crippen LogP contribution in [0.1, 0.15) is 30.0 Å². The molecular formula is C22H28N2O3. The van der Waals surface area contributed by atoms with Crippen LogP contribution < -0.4 is 10.5 Å². The van der Waals surface area contributed by atoms with Crippen molar-refractivity contribution in [3.8, 4) is 5.75 Å². The van der Waals surface area contributed by atoms with Crippen LogP contribution in [0.15, 0.2) is 48.5 Å². The Kier molecular flexibility index (Phi) is 7.41. The van der Waals surface area contributed by atoms with E-state index in [1.165, 1.54) is 0 Å². The highest BCUT2D eigenvalue weighted by Crippen LogP contribution is 2.24. The standard InChI is InChI=1S/C22H28N2O3/c1-16-8-7-9-17(2)21(16)27-18(3)22(26)24(15-13-20(23)25)14-12-19-10-5-4-6-11-19/h4-11,18H,12-15H2,1-3H3,(H2,23,25). The Morgan fingerprint density at radius 3 is 2.22 bits per heavy atom. The number of carbonyl (C=O) groups is 2. The molecule has 2 rings (SSSR count). The maximum Gasteiger partial charge on any atom is 0.263 e. The van der Waals surface area contributed by atoms with Crippen LogP contribution in [-0.2, 0) is 16.0 Å². The van der Waals surface area contributed by atoms with Crippen molar-refractivity contribution in [2.24, 2.45) is 5.73 Å². The van der Waals surface area contributed by atoms with E-state index in [2.05, 4.69) is 0 Å². The van der Waals surface area contributed by atoms with Crippen molar-refractivity contribution >= 4 is 11.8 Å². The molecule has 0 heterocycles. The van der Waals surface area contributed by atoms with E-state index in [0.29, 0.717) is 19.5 Å². The predicted octanol–water partition coefficient (Wildman–Crippen LogP) is 3.02. The molecule has 2 amide bonds. The van der Waals surface area contributed by atoms with Gasteiger partial charge in [-0.2, -0.15) is 0 Å². The number of primary amides is 1. The summed E-state index contributed by atoms with van der Waals surface area (Å²) in [6.07, 6.45) is 0.200. The number of nitrogens with zero attached hydrogens (tertiary/aromatic N) is 1. The summed E-state index contributed by atoms with van der Waals surface area (Å²) < 4.78 is 5.97. The largest absolute Gasteiger partial charge is 0.480 e. The first kappa shape index (κ1) is 20.5. The van der Waals surface area contributed by atoms with E-state index in [-0.39, 0.29) is 12.3 Å². The van der Waals surface area contributed by atoms with Gasteiger partial charge in [0.05, 0.1) is 0 Å². The molecule has 1 unspecified atom stereocenters. The second kappa shape index (κ2) is 9.76. The molecule has 0 saturated carbocycles. The summed E-state index contributed by atoms with van der Waals surface area (Å²) in [6.45, 7) is 6.46. The molecule has 0 fully saturated rings. The molecule has 0 saturated heterocycles. The number of amides is 2. The Morgan fingerprint density at radius 2 is 1.63 bits per heavy atom. The van der Waals surface area contributed by atoms with Gasteiger partial charge in [0.15, 0.2) is 6.10 Å². The minimum atomic E-state index is -0.645. The van der Waals surface area contributed by atoms with Gasteiger partial charge in [0.2, 0.25) is 5.91 Å². The number of ether oxygens (including phenoxy) is 1. The second-order valence-corrected chi connectivity index (χ2v) is 6.76. The molecule has 0 spiro atoms. The Hall–Kier alpha value is -2.82. The van der Waals surface area contributed by atoms with E-state index in [0.717, 1.165) is 22.4 Å². The highest BCUT2D eigenvalue weighted by atomic mass is 16.5. The molecule has 0 aliphatic carbocycles. The van der Waals surface area contributed by atoms with Crippen LogP contribution in [0.4, 0.5) is 0 Å². The number of benzene rings is 2. The molecule has 5 nitrogen and oxygen atoms in total. The quantitative estimate of drug-likeness (QED) is 0.739. The molecule has 2 aromatic carbocycles. The van der Waals surface area contributed by atoms with Crippen LogP contribution in [0.25, 0.3) is 0 Å². The van der Waals surface area contributed by atoms with Gasteiger partial charge in [-0.25, -0.2) is 0 Å². The molecule has 0 aliphatic rings. The van der Waals surface area contributed by atoms with E-state index in [4.69, 9.17) is 10.5 Å². The maximum atomic E-state index is 13.0. The number of carbonyl (C=O) groups excluding carboxylic acids is 2. The molecule has 1 atom stereocenters. The highest BCUT2D eigenvalue weighted by Gasteiger charge is 2.23. The van der Waals surface area contributed by atoms with Crippen LogP contribution in [0.2, 0.25) is 0 Å². The molecule has 27 heavy (non-hydrogen) atoms.